The van der Waals surface area contributed by atoms with Gasteiger partial charge in [0.1, 0.15) is 11.2 Å². The second kappa shape index (κ2) is 7.11. The number of carbonyl (C=O) groups excluding carboxylic acids is 2. The Hall–Kier alpha value is -1.30. The maximum Gasteiger partial charge on any atom is 0.331 e. The molecule has 1 N–H and O–H groups in total. The third kappa shape index (κ3) is 4.09. The molecule has 118 valence electrons. The lowest BCUT2D eigenvalue weighted by Crippen LogP contribution is -2.53. The highest BCUT2D eigenvalue weighted by Crippen LogP contribution is 2.21. The Balaban J connectivity index is 3.05. The van der Waals surface area contributed by atoms with E-state index >= 15 is 0 Å². The highest BCUT2D eigenvalue weighted by atomic mass is 79.9. The Kier molecular flexibility index (Phi) is 6.01. The number of esters is 1. The van der Waals surface area contributed by atoms with E-state index in [0.717, 1.165) is 10.9 Å². The van der Waals surface area contributed by atoms with Crippen molar-refractivity contribution < 1.29 is 14.3 Å². The van der Waals surface area contributed by atoms with Crippen LogP contribution in [0.3, 0.4) is 0 Å². The van der Waals surface area contributed by atoms with Crippen molar-refractivity contribution in [3.05, 3.63) is 22.4 Å². The number of amides is 1. The number of carbonyl (C=O) groups is 2. The number of halogens is 1. The molecule has 1 amide bonds. The van der Waals surface area contributed by atoms with Gasteiger partial charge < -0.3 is 14.6 Å². The molecule has 1 atom stereocenters. The van der Waals surface area contributed by atoms with Crippen molar-refractivity contribution in [1.82, 2.24) is 9.88 Å². The van der Waals surface area contributed by atoms with Crippen LogP contribution in [-0.4, -0.2) is 29.1 Å². The Morgan fingerprint density at radius 1 is 1.48 bits per heavy atom. The number of nitrogens with one attached hydrogen (secondary N) is 1. The average molecular weight is 359 g/mol. The molecule has 0 fully saturated rings. The molecule has 0 aliphatic heterocycles. The molecule has 5 nitrogen and oxygen atoms in total. The fraction of sp³-hybridized carbons (Fsp3) is 0.600. The van der Waals surface area contributed by atoms with Crippen LogP contribution in [0.2, 0.25) is 0 Å². The van der Waals surface area contributed by atoms with E-state index < -0.39 is 11.5 Å². The summed E-state index contributed by atoms with van der Waals surface area (Å²) in [5, 5.41) is 2.81. The van der Waals surface area contributed by atoms with E-state index in [1.54, 1.807) is 13.0 Å². The van der Waals surface area contributed by atoms with Crippen LogP contribution in [-0.2, 0) is 9.53 Å². The SMILES string of the molecule is CCCC(C)(NC(=O)c1cc(Br)cn1C(C)C)C(=O)OC. The minimum absolute atomic E-state index is 0.146. The maximum absolute atomic E-state index is 12.5. The molecule has 1 unspecified atom stereocenters. The number of rotatable bonds is 6. The molecule has 0 bridgehead atoms. The average Bonchev–Trinajstić information content (AvgIpc) is 2.80. The Morgan fingerprint density at radius 2 is 2.10 bits per heavy atom. The van der Waals surface area contributed by atoms with Gasteiger partial charge in [0.25, 0.3) is 5.91 Å². The quantitative estimate of drug-likeness (QED) is 0.793. The van der Waals surface area contributed by atoms with Gasteiger partial charge in [-0.05, 0) is 49.2 Å². The number of ether oxygens (including phenoxy) is 1. The van der Waals surface area contributed by atoms with Gasteiger partial charge in [-0.25, -0.2) is 4.79 Å². The summed E-state index contributed by atoms with van der Waals surface area (Å²) >= 11 is 3.38. The molecule has 0 spiro atoms. The number of hydrogen-bond acceptors (Lipinski definition) is 3. The first-order chi connectivity index (χ1) is 9.75. The van der Waals surface area contributed by atoms with Crippen molar-refractivity contribution >= 4 is 27.8 Å². The zero-order chi connectivity index (χ0) is 16.2. The van der Waals surface area contributed by atoms with E-state index in [4.69, 9.17) is 4.74 Å². The molecule has 0 saturated heterocycles. The third-order valence-corrected chi connectivity index (χ3v) is 3.81. The lowest BCUT2D eigenvalue weighted by Gasteiger charge is -2.28. The summed E-state index contributed by atoms with van der Waals surface area (Å²) in [6, 6.07) is 1.89. The summed E-state index contributed by atoms with van der Waals surface area (Å²) in [6.07, 6.45) is 3.14. The van der Waals surface area contributed by atoms with Gasteiger partial charge in [0.2, 0.25) is 0 Å². The van der Waals surface area contributed by atoms with Gasteiger partial charge in [-0.15, -0.1) is 0 Å². The van der Waals surface area contributed by atoms with E-state index in [2.05, 4.69) is 21.2 Å². The topological polar surface area (TPSA) is 60.3 Å². The van der Waals surface area contributed by atoms with E-state index in [-0.39, 0.29) is 11.9 Å². The molecule has 1 aromatic rings. The summed E-state index contributed by atoms with van der Waals surface area (Å²) in [6.45, 7) is 7.64. The molecule has 0 aliphatic rings. The van der Waals surface area contributed by atoms with Gasteiger partial charge in [-0.3, -0.25) is 4.79 Å². The summed E-state index contributed by atoms with van der Waals surface area (Å²) in [5.41, 5.74) is -0.498. The molecule has 0 radical (unpaired) electrons. The van der Waals surface area contributed by atoms with Gasteiger partial charge in [0, 0.05) is 16.7 Å². The Bertz CT molecular complexity index is 525. The summed E-state index contributed by atoms with van der Waals surface area (Å²) in [5.74, 6) is -0.713. The van der Waals surface area contributed by atoms with Gasteiger partial charge in [-0.2, -0.15) is 0 Å². The van der Waals surface area contributed by atoms with Crippen molar-refractivity contribution in [2.75, 3.05) is 7.11 Å². The van der Waals surface area contributed by atoms with Crippen LogP contribution in [0.15, 0.2) is 16.7 Å². The van der Waals surface area contributed by atoms with Crippen LogP contribution in [0.25, 0.3) is 0 Å². The highest BCUT2D eigenvalue weighted by molar-refractivity contribution is 9.10. The fourth-order valence-electron chi connectivity index (χ4n) is 2.31. The minimum atomic E-state index is -1.01. The smallest absolute Gasteiger partial charge is 0.331 e. The van der Waals surface area contributed by atoms with Crippen molar-refractivity contribution in [1.29, 1.82) is 0 Å². The first kappa shape index (κ1) is 17.8. The van der Waals surface area contributed by atoms with E-state index in [0.29, 0.717) is 12.1 Å². The second-order valence-electron chi connectivity index (χ2n) is 5.57. The molecule has 0 aliphatic carbocycles. The molecular weight excluding hydrogens is 336 g/mol. The molecule has 1 heterocycles. The summed E-state index contributed by atoms with van der Waals surface area (Å²) in [4.78, 5) is 24.5. The molecular formula is C15H23BrN2O3. The van der Waals surface area contributed by atoms with Crippen molar-refractivity contribution in [2.45, 2.75) is 52.1 Å². The lowest BCUT2D eigenvalue weighted by atomic mass is 9.96. The number of methoxy groups -OCH3 is 1. The first-order valence-electron chi connectivity index (χ1n) is 7.03. The standard InChI is InChI=1S/C15H23BrN2O3/c1-6-7-15(4,14(20)21-5)17-13(19)12-8-11(16)9-18(12)10(2)3/h8-10H,6-7H2,1-5H3,(H,17,19). The van der Waals surface area contributed by atoms with Crippen LogP contribution >= 0.6 is 15.9 Å². The Morgan fingerprint density at radius 3 is 2.57 bits per heavy atom. The van der Waals surface area contributed by atoms with E-state index in [9.17, 15) is 9.59 Å². The van der Waals surface area contributed by atoms with Gasteiger partial charge >= 0.3 is 5.97 Å². The van der Waals surface area contributed by atoms with Gasteiger partial charge in [0.05, 0.1) is 7.11 Å². The fourth-order valence-corrected chi connectivity index (χ4v) is 2.75. The predicted molar refractivity (Wildman–Crippen MR) is 85.3 cm³/mol. The van der Waals surface area contributed by atoms with E-state index in [1.165, 1.54) is 7.11 Å². The number of aromatic nitrogens is 1. The van der Waals surface area contributed by atoms with E-state index in [1.807, 2.05) is 31.5 Å². The normalized spacial score (nSPS) is 13.9. The first-order valence-corrected chi connectivity index (χ1v) is 7.82. The minimum Gasteiger partial charge on any atom is -0.467 e. The van der Waals surface area contributed by atoms with Crippen molar-refractivity contribution in [2.24, 2.45) is 0 Å². The predicted octanol–water partition coefficient (Wildman–Crippen LogP) is 3.29. The third-order valence-electron chi connectivity index (χ3n) is 3.38. The largest absolute Gasteiger partial charge is 0.467 e. The van der Waals surface area contributed by atoms with Gasteiger partial charge in [-0.1, -0.05) is 13.3 Å². The molecule has 0 saturated carbocycles. The molecule has 0 aromatic carbocycles. The lowest BCUT2D eigenvalue weighted by molar-refractivity contribution is -0.147. The van der Waals surface area contributed by atoms with Crippen molar-refractivity contribution in [3.63, 3.8) is 0 Å². The monoisotopic (exact) mass is 358 g/mol. The molecule has 6 heteroatoms. The summed E-state index contributed by atoms with van der Waals surface area (Å²) < 4.78 is 7.51. The van der Waals surface area contributed by atoms with Crippen LogP contribution in [0.4, 0.5) is 0 Å². The molecule has 1 aromatic heterocycles. The number of hydrogen-bond donors (Lipinski definition) is 1. The summed E-state index contributed by atoms with van der Waals surface area (Å²) in [7, 11) is 1.33. The van der Waals surface area contributed by atoms with Crippen LogP contribution in [0.5, 0.6) is 0 Å². The van der Waals surface area contributed by atoms with Crippen LogP contribution in [0.1, 0.15) is 57.1 Å². The molecule has 1 rings (SSSR count). The maximum atomic E-state index is 12.5. The van der Waals surface area contributed by atoms with Crippen molar-refractivity contribution in [3.8, 4) is 0 Å². The molecule has 21 heavy (non-hydrogen) atoms. The van der Waals surface area contributed by atoms with Crippen LogP contribution in [0, 0.1) is 0 Å². The highest BCUT2D eigenvalue weighted by Gasteiger charge is 2.36. The Labute approximate surface area is 134 Å². The second-order valence-corrected chi connectivity index (χ2v) is 6.49. The zero-order valence-electron chi connectivity index (χ0n) is 13.2. The zero-order valence-corrected chi connectivity index (χ0v) is 14.8. The number of nitrogens with zero attached hydrogens (tertiary/aromatic N) is 1. The van der Waals surface area contributed by atoms with Gasteiger partial charge in [0.15, 0.2) is 0 Å². The van der Waals surface area contributed by atoms with Crippen LogP contribution < -0.4 is 5.32 Å².